The predicted molar refractivity (Wildman–Crippen MR) is 138 cm³/mol. The van der Waals surface area contributed by atoms with Gasteiger partial charge in [0.1, 0.15) is 17.7 Å². The van der Waals surface area contributed by atoms with E-state index >= 15 is 0 Å². The second-order valence-corrected chi connectivity index (χ2v) is 10.6. The number of carbonyl (C=O) groups is 2. The van der Waals surface area contributed by atoms with Crippen LogP contribution in [-0.4, -0.2) is 25.0 Å². The molecule has 0 bridgehead atoms. The van der Waals surface area contributed by atoms with E-state index in [0.717, 1.165) is 42.7 Å². The molecular formula is C29H29BrFNO4. The maximum atomic E-state index is 14.1. The number of rotatable bonds is 5. The van der Waals surface area contributed by atoms with Gasteiger partial charge in [-0.1, -0.05) is 24.3 Å². The highest BCUT2D eigenvalue weighted by atomic mass is 79.9. The normalized spacial score (nSPS) is 22.4. The third-order valence-electron chi connectivity index (χ3n) is 7.48. The van der Waals surface area contributed by atoms with Crippen LogP contribution in [0.15, 0.2) is 69.5 Å². The van der Waals surface area contributed by atoms with Crippen molar-refractivity contribution in [3.63, 3.8) is 0 Å². The Morgan fingerprint density at radius 3 is 2.58 bits per heavy atom. The molecule has 188 valence electrons. The number of para-hydroxylation sites is 1. The van der Waals surface area contributed by atoms with E-state index in [1.165, 1.54) is 6.07 Å². The smallest absolute Gasteiger partial charge is 0.337 e. The maximum Gasteiger partial charge on any atom is 0.337 e. The number of hydrogen-bond acceptors (Lipinski definition) is 5. The Labute approximate surface area is 218 Å². The Morgan fingerprint density at radius 2 is 1.86 bits per heavy atom. The van der Waals surface area contributed by atoms with Gasteiger partial charge in [-0.3, -0.25) is 4.79 Å². The lowest BCUT2D eigenvalue weighted by atomic mass is 9.71. The van der Waals surface area contributed by atoms with E-state index < -0.39 is 17.7 Å². The van der Waals surface area contributed by atoms with E-state index in [1.807, 2.05) is 31.2 Å². The van der Waals surface area contributed by atoms with Crippen molar-refractivity contribution in [1.29, 1.82) is 0 Å². The van der Waals surface area contributed by atoms with Gasteiger partial charge in [0.25, 0.3) is 0 Å². The first kappa shape index (κ1) is 24.8. The van der Waals surface area contributed by atoms with E-state index in [9.17, 15) is 14.0 Å². The van der Waals surface area contributed by atoms with E-state index in [0.29, 0.717) is 35.2 Å². The molecule has 2 aromatic rings. The molecule has 1 aliphatic heterocycles. The molecule has 0 aromatic heterocycles. The molecule has 0 radical (unpaired) electrons. The topological polar surface area (TPSA) is 64.6 Å². The van der Waals surface area contributed by atoms with Crippen LogP contribution in [0.25, 0.3) is 0 Å². The van der Waals surface area contributed by atoms with Crippen molar-refractivity contribution in [1.82, 2.24) is 5.32 Å². The van der Waals surface area contributed by atoms with Crippen LogP contribution in [0, 0.1) is 5.82 Å². The Hall–Kier alpha value is -2.93. The van der Waals surface area contributed by atoms with E-state index in [4.69, 9.17) is 9.47 Å². The molecule has 5 rings (SSSR count). The highest BCUT2D eigenvalue weighted by Gasteiger charge is 2.42. The molecule has 1 fully saturated rings. The molecule has 3 aliphatic rings. The minimum atomic E-state index is -0.627. The lowest BCUT2D eigenvalue weighted by Gasteiger charge is -2.37. The summed E-state index contributed by atoms with van der Waals surface area (Å²) in [7, 11) is 1.63. The number of nitrogens with one attached hydrogen (secondary N) is 1. The van der Waals surface area contributed by atoms with Crippen molar-refractivity contribution in [2.45, 2.75) is 63.4 Å². The fourth-order valence-electron chi connectivity index (χ4n) is 5.78. The number of dihydropyridines is 1. The molecule has 1 saturated carbocycles. The van der Waals surface area contributed by atoms with Crippen LogP contribution in [0.5, 0.6) is 5.75 Å². The van der Waals surface area contributed by atoms with Crippen LogP contribution in [0.4, 0.5) is 4.39 Å². The zero-order valence-corrected chi connectivity index (χ0v) is 22.0. The lowest BCUT2D eigenvalue weighted by Crippen LogP contribution is -2.36. The van der Waals surface area contributed by atoms with E-state index in [2.05, 4.69) is 21.2 Å². The fourth-order valence-corrected chi connectivity index (χ4v) is 6.18. The number of ether oxygens (including phenoxy) is 2. The zero-order valence-electron chi connectivity index (χ0n) is 20.4. The summed E-state index contributed by atoms with van der Waals surface area (Å²) in [4.78, 5) is 27.3. The number of benzene rings is 2. The number of allylic oxidation sites excluding steroid dienone is 3. The summed E-state index contributed by atoms with van der Waals surface area (Å²) >= 11 is 3.28. The second kappa shape index (κ2) is 10.2. The molecule has 0 unspecified atom stereocenters. The van der Waals surface area contributed by atoms with Crippen LogP contribution in [-0.2, 0) is 14.3 Å². The summed E-state index contributed by atoms with van der Waals surface area (Å²) in [6, 6.07) is 12.4. The van der Waals surface area contributed by atoms with Crippen LogP contribution in [0.2, 0.25) is 0 Å². The highest BCUT2D eigenvalue weighted by Crippen LogP contribution is 2.47. The molecule has 0 saturated heterocycles. The average Bonchev–Trinajstić information content (AvgIpc) is 3.37. The number of hydrogen-bond donors (Lipinski definition) is 1. The van der Waals surface area contributed by atoms with Crippen LogP contribution in [0.1, 0.15) is 68.4 Å². The first-order valence-electron chi connectivity index (χ1n) is 12.4. The Balaban J connectivity index is 1.57. The standard InChI is InChI=1S/C29H29BrFNO4/c1-16-26(29(34)36-19-7-3-4-8-19)27(17-11-12-22(31)21(30)13-17)28-23(32-16)14-18(15-24(28)33)20-9-5-6-10-25(20)35-2/h5-6,9-13,18-19,27,32H,3-4,7-8,14-15H2,1-2H3/t18-,27+/m1/s1. The largest absolute Gasteiger partial charge is 0.496 e. The molecule has 2 atom stereocenters. The molecule has 1 heterocycles. The van der Waals surface area contributed by atoms with Crippen molar-refractivity contribution < 1.29 is 23.5 Å². The summed E-state index contributed by atoms with van der Waals surface area (Å²) in [5, 5.41) is 3.38. The quantitative estimate of drug-likeness (QED) is 0.431. The maximum absolute atomic E-state index is 14.1. The van der Waals surface area contributed by atoms with Gasteiger partial charge < -0.3 is 14.8 Å². The molecule has 2 aromatic carbocycles. The fraction of sp³-hybridized carbons (Fsp3) is 0.379. The van der Waals surface area contributed by atoms with Gasteiger partial charge >= 0.3 is 5.97 Å². The lowest BCUT2D eigenvalue weighted by molar-refractivity contribution is -0.144. The summed E-state index contributed by atoms with van der Waals surface area (Å²) in [5.41, 5.74) is 4.10. The van der Waals surface area contributed by atoms with Crippen molar-refractivity contribution in [2.75, 3.05) is 7.11 Å². The molecule has 5 nitrogen and oxygen atoms in total. The van der Waals surface area contributed by atoms with Gasteiger partial charge in [-0.2, -0.15) is 0 Å². The minimum absolute atomic E-state index is 0.0382. The second-order valence-electron chi connectivity index (χ2n) is 9.74. The van der Waals surface area contributed by atoms with Crippen molar-refractivity contribution in [3.05, 3.63) is 86.4 Å². The summed E-state index contributed by atoms with van der Waals surface area (Å²) in [6.07, 6.45) is 4.58. The monoisotopic (exact) mass is 553 g/mol. The van der Waals surface area contributed by atoms with Crippen molar-refractivity contribution in [3.8, 4) is 5.75 Å². The van der Waals surface area contributed by atoms with E-state index in [-0.39, 0.29) is 22.3 Å². The summed E-state index contributed by atoms with van der Waals surface area (Å²) in [5.74, 6) is -0.781. The molecular weight excluding hydrogens is 525 g/mol. The molecule has 7 heteroatoms. The van der Waals surface area contributed by atoms with Crippen molar-refractivity contribution in [2.24, 2.45) is 0 Å². The zero-order chi connectivity index (χ0) is 25.4. The van der Waals surface area contributed by atoms with Gasteiger partial charge in [0.05, 0.1) is 17.2 Å². The number of Topliss-reactive ketones (excluding diaryl/α,β-unsaturated/α-hetero) is 1. The molecule has 0 amide bonds. The van der Waals surface area contributed by atoms with Crippen LogP contribution >= 0.6 is 15.9 Å². The third-order valence-corrected chi connectivity index (χ3v) is 8.09. The summed E-state index contributed by atoms with van der Waals surface area (Å²) in [6.45, 7) is 1.85. The first-order chi connectivity index (χ1) is 17.4. The van der Waals surface area contributed by atoms with Crippen LogP contribution in [0.3, 0.4) is 0 Å². The molecule has 36 heavy (non-hydrogen) atoms. The third kappa shape index (κ3) is 4.61. The van der Waals surface area contributed by atoms with Crippen molar-refractivity contribution >= 4 is 27.7 Å². The SMILES string of the molecule is COc1ccccc1[C@H]1CC(=O)C2=C(C1)NC(C)=C(C(=O)OC1CCCC1)[C@@H]2c1ccc(F)c(Br)c1. The number of carbonyl (C=O) groups excluding carboxylic acids is 2. The highest BCUT2D eigenvalue weighted by molar-refractivity contribution is 9.10. The Kier molecular flexibility index (Phi) is 7.02. The van der Waals surface area contributed by atoms with E-state index in [1.54, 1.807) is 19.2 Å². The van der Waals surface area contributed by atoms with Gasteiger partial charge in [-0.05, 0) is 84.3 Å². The molecule has 2 aliphatic carbocycles. The molecule has 0 spiro atoms. The van der Waals surface area contributed by atoms with Gasteiger partial charge in [-0.15, -0.1) is 0 Å². The number of methoxy groups -OCH3 is 1. The predicted octanol–water partition coefficient (Wildman–Crippen LogP) is 6.44. The van der Waals surface area contributed by atoms with Crippen LogP contribution < -0.4 is 10.1 Å². The van der Waals surface area contributed by atoms with Gasteiger partial charge in [0.15, 0.2) is 5.78 Å². The van der Waals surface area contributed by atoms with Gasteiger partial charge in [0, 0.05) is 35.2 Å². The van der Waals surface area contributed by atoms with Gasteiger partial charge in [-0.25, -0.2) is 9.18 Å². The Bertz CT molecular complexity index is 1280. The number of esters is 1. The Morgan fingerprint density at radius 1 is 1.11 bits per heavy atom. The minimum Gasteiger partial charge on any atom is -0.496 e. The van der Waals surface area contributed by atoms with Gasteiger partial charge in [0.2, 0.25) is 0 Å². The average molecular weight is 554 g/mol. The number of halogens is 2. The number of ketones is 1. The first-order valence-corrected chi connectivity index (χ1v) is 13.2. The molecule has 1 N–H and O–H groups in total. The summed E-state index contributed by atoms with van der Waals surface area (Å²) < 4.78 is 25.9.